The van der Waals surface area contributed by atoms with E-state index < -0.39 is 12.8 Å². The van der Waals surface area contributed by atoms with Crippen LogP contribution in [0.5, 0.6) is 0 Å². The summed E-state index contributed by atoms with van der Waals surface area (Å²) in [7, 11) is 21.1. The van der Waals surface area contributed by atoms with Crippen molar-refractivity contribution in [3.05, 3.63) is 0 Å². The van der Waals surface area contributed by atoms with Gasteiger partial charge >= 0.3 is 68.2 Å². The molecule has 0 aromatic rings. The van der Waals surface area contributed by atoms with Crippen LogP contribution in [0.25, 0.3) is 0 Å². The zero-order valence-electron chi connectivity index (χ0n) is 5.03. The van der Waals surface area contributed by atoms with Crippen molar-refractivity contribution in [3.63, 3.8) is 0 Å². The second-order valence-electron chi connectivity index (χ2n) is 1.87. The maximum atomic E-state index is 5.27. The van der Waals surface area contributed by atoms with Crippen LogP contribution < -0.4 is 0 Å². The molecule has 0 spiro atoms. The normalized spacial score (nSPS) is 7.56. The fourth-order valence-corrected chi connectivity index (χ4v) is 0.801. The van der Waals surface area contributed by atoms with Crippen molar-refractivity contribution >= 4 is 68.2 Å². The Hall–Kier alpha value is 0.739. The molecule has 0 aromatic carbocycles. The molecule has 0 amide bonds. The standard InChI is InChI=1S/B8S/c1-6(2)8(5-9)7(3)4. The monoisotopic (exact) mass is 120 g/mol. The molecule has 0 nitrogen and oxygen atoms in total. The minimum absolute atomic E-state index is 0.278. The third kappa shape index (κ3) is 3.44. The number of rotatable bonds is 3. The molecule has 0 rings (SSSR count). The summed E-state index contributed by atoms with van der Waals surface area (Å²) in [4.78, 5) is 0. The fourth-order valence-electron chi connectivity index (χ4n) is 0.438. The first-order valence-corrected chi connectivity index (χ1v) is 3.04. The van der Waals surface area contributed by atoms with Crippen LogP contribution in [0, 0.1) is 0 Å². The summed E-state index contributed by atoms with van der Waals surface area (Å²) < 4.78 is 0. The molecule has 8 radical (unpaired) electrons. The Morgan fingerprint density at radius 2 is 1.33 bits per heavy atom. The van der Waals surface area contributed by atoms with Crippen molar-refractivity contribution in [2.75, 3.05) is 0 Å². The first-order valence-electron chi connectivity index (χ1n) is 2.57. The van der Waals surface area contributed by atoms with E-state index in [0.717, 1.165) is 0 Å². The van der Waals surface area contributed by atoms with Gasteiger partial charge in [-0.15, -0.1) is 0 Å². The zero-order valence-corrected chi connectivity index (χ0v) is 5.84. The molecule has 0 bridgehead atoms. The molecule has 0 aliphatic rings. The van der Waals surface area contributed by atoms with Gasteiger partial charge in [-0.25, -0.2) is 0 Å². The molecule has 0 aliphatic carbocycles. The summed E-state index contributed by atoms with van der Waals surface area (Å²) in [5.41, 5.74) is 0. The topological polar surface area (TPSA) is 0 Å². The summed E-state index contributed by atoms with van der Waals surface area (Å²) in [5, 5.41) is 0. The Bertz CT molecular complexity index is 76.6. The van der Waals surface area contributed by atoms with E-state index in [2.05, 4.69) is 12.1 Å². The van der Waals surface area contributed by atoms with Crippen LogP contribution in [0.15, 0.2) is 0 Å². The predicted octanol–water partition coefficient (Wildman–Crippen LogP) is -2.40. The van der Waals surface area contributed by atoms with Gasteiger partial charge in [0.05, 0.1) is 0 Å². The molecular weight excluding hydrogens is 119 g/mol. The predicted molar refractivity (Wildman–Crippen MR) is 53.6 cm³/mol. The molecule has 0 atom stereocenters. The van der Waals surface area contributed by atoms with Crippen LogP contribution in [-0.4, -0.2) is 56.1 Å². The van der Waals surface area contributed by atoms with Crippen molar-refractivity contribution in [2.24, 2.45) is 0 Å². The van der Waals surface area contributed by atoms with E-state index in [0.29, 0.717) is 0 Å². The molecule has 9 heavy (non-hydrogen) atoms. The Morgan fingerprint density at radius 1 is 1.00 bits per heavy atom. The number of hydrogen-bond donors (Lipinski definition) is 0. The second-order valence-corrected chi connectivity index (χ2v) is 2.14. The van der Waals surface area contributed by atoms with E-state index in [-0.39, 0.29) is 6.39 Å². The Balaban J connectivity index is 3.82. The molecule has 0 aromatic heterocycles. The molecule has 0 heterocycles. The van der Waals surface area contributed by atoms with E-state index in [1.807, 2.05) is 0 Å². The second kappa shape index (κ2) is 4.54. The van der Waals surface area contributed by atoms with Gasteiger partial charge in [-0.3, -0.25) is 0 Å². The van der Waals surface area contributed by atoms with Crippen molar-refractivity contribution in [2.45, 2.75) is 0 Å². The van der Waals surface area contributed by atoms with E-state index >= 15 is 0 Å². The van der Waals surface area contributed by atoms with Gasteiger partial charge in [0, 0.05) is 0 Å². The molecule has 0 fully saturated rings. The first kappa shape index (κ1) is 9.74. The molecule has 0 unspecified atom stereocenters. The van der Waals surface area contributed by atoms with Crippen molar-refractivity contribution in [3.8, 4) is 0 Å². The van der Waals surface area contributed by atoms with Crippen LogP contribution >= 0.6 is 12.1 Å². The van der Waals surface area contributed by atoms with Crippen molar-refractivity contribution in [1.82, 2.24) is 0 Å². The van der Waals surface area contributed by atoms with Crippen LogP contribution in [0.2, 0.25) is 0 Å². The molecule has 0 saturated heterocycles. The van der Waals surface area contributed by atoms with Gasteiger partial charge in [-0.1, -0.05) is 0 Å². The van der Waals surface area contributed by atoms with Crippen molar-refractivity contribution < 1.29 is 0 Å². The fraction of sp³-hybridized carbons (Fsp3) is 0. The summed E-state index contributed by atoms with van der Waals surface area (Å²) in [6.07, 6.45) is -1.38. The van der Waals surface area contributed by atoms with Crippen LogP contribution in [0.4, 0.5) is 0 Å². The van der Waals surface area contributed by atoms with Crippen LogP contribution in [0.1, 0.15) is 0 Å². The molecule has 0 N–H and O–H groups in total. The van der Waals surface area contributed by atoms with E-state index in [1.165, 1.54) is 6.05 Å². The third-order valence-corrected chi connectivity index (χ3v) is 1.36. The summed E-state index contributed by atoms with van der Waals surface area (Å²) in [6, 6.07) is 1.40. The van der Waals surface area contributed by atoms with Gasteiger partial charge in [0.25, 0.3) is 0 Å². The average molecular weight is 119 g/mol. The van der Waals surface area contributed by atoms with Crippen molar-refractivity contribution in [1.29, 1.82) is 0 Å². The summed E-state index contributed by atoms with van der Waals surface area (Å²) >= 11 is 4.58. The van der Waals surface area contributed by atoms with E-state index in [1.54, 1.807) is 0 Å². The summed E-state index contributed by atoms with van der Waals surface area (Å²) in [5.74, 6) is 0. The van der Waals surface area contributed by atoms with Gasteiger partial charge in [0.15, 0.2) is 0 Å². The Kier molecular flexibility index (Phi) is 4.91. The summed E-state index contributed by atoms with van der Waals surface area (Å²) in [6.45, 7) is 0. The van der Waals surface area contributed by atoms with Gasteiger partial charge in [0.2, 0.25) is 0 Å². The molecular formula is B8S. The van der Waals surface area contributed by atoms with E-state index in [4.69, 9.17) is 30.9 Å². The van der Waals surface area contributed by atoms with Gasteiger partial charge in [-0.05, 0) is 0 Å². The van der Waals surface area contributed by atoms with Gasteiger partial charge in [-0.2, -0.15) is 0 Å². The molecule has 0 saturated carbocycles. The maximum absolute atomic E-state index is 5.27. The first-order chi connectivity index (χ1) is 4.09. The minimum atomic E-state index is -0.553. The van der Waals surface area contributed by atoms with Crippen LogP contribution in [-0.2, 0) is 0 Å². The average Bonchev–Trinajstić information content (AvgIpc) is 1.64. The molecule has 9 heteroatoms. The third-order valence-electron chi connectivity index (χ3n) is 1.05. The van der Waals surface area contributed by atoms with Gasteiger partial charge < -0.3 is 0 Å². The molecule has 30 valence electrons. The van der Waals surface area contributed by atoms with Crippen LogP contribution in [0.3, 0.4) is 0 Å². The van der Waals surface area contributed by atoms with E-state index in [9.17, 15) is 0 Å². The quantitative estimate of drug-likeness (QED) is 0.373. The number of hydrogen-bond acceptors (Lipinski definition) is 1. The Morgan fingerprint density at radius 3 is 1.33 bits per heavy atom. The molecule has 0 aliphatic heterocycles. The van der Waals surface area contributed by atoms with Gasteiger partial charge in [0.1, 0.15) is 0 Å². The zero-order chi connectivity index (χ0) is 7.44. The SMILES string of the molecule is [B]B([B])B(B=S)B([B])[B]. The Labute approximate surface area is 68.5 Å².